The number of terminal acetylenes is 2. The normalized spacial score (nSPS) is 9.59. The molecule has 6 heteroatoms. The molecule has 2 rings (SSSR count). The van der Waals surface area contributed by atoms with Crippen molar-refractivity contribution in [2.75, 3.05) is 19.8 Å². The van der Waals surface area contributed by atoms with Crippen LogP contribution in [-0.4, -0.2) is 41.7 Å². The van der Waals surface area contributed by atoms with Gasteiger partial charge in [-0.15, -0.1) is 12.8 Å². The van der Waals surface area contributed by atoms with Gasteiger partial charge in [-0.2, -0.15) is 0 Å². The first kappa shape index (κ1) is 21.4. The zero-order valence-corrected chi connectivity index (χ0v) is 16.0. The van der Waals surface area contributed by atoms with Crippen molar-refractivity contribution >= 4 is 12.2 Å². The van der Waals surface area contributed by atoms with Crippen LogP contribution in [0.4, 0.5) is 9.59 Å². The zero-order chi connectivity index (χ0) is 20.9. The Balaban J connectivity index is 1.96. The van der Waals surface area contributed by atoms with Crippen molar-refractivity contribution in [3.63, 3.8) is 0 Å². The first-order valence-corrected chi connectivity index (χ1v) is 8.92. The molecule has 0 saturated heterocycles. The zero-order valence-electron chi connectivity index (χ0n) is 16.0. The molecule has 0 heterocycles. The number of hydrogen-bond acceptors (Lipinski definition) is 4. The van der Waals surface area contributed by atoms with Gasteiger partial charge in [0, 0.05) is 0 Å². The molecule has 0 atom stereocenters. The highest BCUT2D eigenvalue weighted by Gasteiger charge is 2.22. The number of nitrogens with zero attached hydrogens (tertiary/aromatic N) is 2. The maximum Gasteiger partial charge on any atom is 0.412 e. The molecule has 0 fully saturated rings. The van der Waals surface area contributed by atoms with Gasteiger partial charge in [0.1, 0.15) is 19.9 Å². The van der Waals surface area contributed by atoms with E-state index in [1.165, 1.54) is 9.80 Å². The fourth-order valence-electron chi connectivity index (χ4n) is 2.39. The topological polar surface area (TPSA) is 59.1 Å². The van der Waals surface area contributed by atoms with Crippen LogP contribution >= 0.6 is 0 Å². The van der Waals surface area contributed by atoms with E-state index < -0.39 is 12.2 Å². The van der Waals surface area contributed by atoms with E-state index in [9.17, 15) is 9.59 Å². The van der Waals surface area contributed by atoms with E-state index in [0.717, 1.165) is 11.1 Å². The van der Waals surface area contributed by atoms with Crippen molar-refractivity contribution in [3.8, 4) is 24.7 Å². The van der Waals surface area contributed by atoms with Gasteiger partial charge < -0.3 is 9.47 Å². The summed E-state index contributed by atoms with van der Waals surface area (Å²) in [4.78, 5) is 27.3. The number of hydrogen-bond donors (Lipinski definition) is 0. The minimum atomic E-state index is -0.648. The van der Waals surface area contributed by atoms with E-state index >= 15 is 0 Å². The molecule has 0 aliphatic heterocycles. The van der Waals surface area contributed by atoms with Crippen molar-refractivity contribution in [3.05, 3.63) is 71.8 Å². The number of amides is 2. The highest BCUT2D eigenvalue weighted by atomic mass is 16.6. The van der Waals surface area contributed by atoms with Gasteiger partial charge in [-0.05, 0) is 11.1 Å². The quantitative estimate of drug-likeness (QED) is 0.511. The molecule has 0 bridgehead atoms. The first-order chi connectivity index (χ1) is 14.1. The van der Waals surface area contributed by atoms with Crippen molar-refractivity contribution in [1.29, 1.82) is 0 Å². The molecule has 2 amide bonds. The molecule has 2 aromatic carbocycles. The monoisotopic (exact) mass is 390 g/mol. The van der Waals surface area contributed by atoms with Gasteiger partial charge in [-0.3, -0.25) is 9.80 Å². The molecule has 0 saturated carbocycles. The maximum atomic E-state index is 12.4. The summed E-state index contributed by atoms with van der Waals surface area (Å²) in [7, 11) is 0. The third-order valence-electron chi connectivity index (χ3n) is 3.83. The Morgan fingerprint density at radius 1 is 0.724 bits per heavy atom. The SMILES string of the molecule is C#CCN(CN(CC#C)C(=O)OCc1ccccc1)C(=O)OCc1ccccc1. The molecule has 2 aromatic rings. The highest BCUT2D eigenvalue weighted by molar-refractivity contribution is 5.71. The Kier molecular flexibility index (Phi) is 8.66. The average molecular weight is 390 g/mol. The predicted octanol–water partition coefficient (Wildman–Crippen LogP) is 3.49. The van der Waals surface area contributed by atoms with Gasteiger partial charge in [0.05, 0.1) is 13.1 Å². The minimum absolute atomic E-state index is 0.0410. The fourth-order valence-corrected chi connectivity index (χ4v) is 2.39. The third-order valence-corrected chi connectivity index (χ3v) is 3.83. The van der Waals surface area contributed by atoms with Crippen molar-refractivity contribution < 1.29 is 19.1 Å². The molecular formula is C23H22N2O4. The minimum Gasteiger partial charge on any atom is -0.444 e. The second-order valence-corrected chi connectivity index (χ2v) is 6.03. The summed E-state index contributed by atoms with van der Waals surface area (Å²) in [5.41, 5.74) is 1.67. The first-order valence-electron chi connectivity index (χ1n) is 8.92. The Bertz CT molecular complexity index is 796. The van der Waals surface area contributed by atoms with Gasteiger partial charge in [0.25, 0.3) is 0 Å². The average Bonchev–Trinajstić information content (AvgIpc) is 2.76. The summed E-state index contributed by atoms with van der Waals surface area (Å²) >= 11 is 0. The van der Waals surface area contributed by atoms with Crippen LogP contribution in [0.25, 0.3) is 0 Å². The molecule has 0 unspecified atom stereocenters. The molecule has 29 heavy (non-hydrogen) atoms. The number of carbonyl (C=O) groups excluding carboxylic acids is 2. The van der Waals surface area contributed by atoms with Crippen LogP contribution in [-0.2, 0) is 22.7 Å². The van der Waals surface area contributed by atoms with E-state index in [-0.39, 0.29) is 33.0 Å². The van der Waals surface area contributed by atoms with Crippen LogP contribution in [0.2, 0.25) is 0 Å². The van der Waals surface area contributed by atoms with Crippen LogP contribution in [0.1, 0.15) is 11.1 Å². The van der Waals surface area contributed by atoms with Gasteiger partial charge in [0.15, 0.2) is 0 Å². The van der Waals surface area contributed by atoms with E-state index in [2.05, 4.69) is 11.8 Å². The van der Waals surface area contributed by atoms with Crippen molar-refractivity contribution in [1.82, 2.24) is 9.80 Å². The molecule has 0 aliphatic rings. The predicted molar refractivity (Wildman–Crippen MR) is 109 cm³/mol. The smallest absolute Gasteiger partial charge is 0.412 e. The van der Waals surface area contributed by atoms with Gasteiger partial charge in [0.2, 0.25) is 0 Å². The largest absolute Gasteiger partial charge is 0.444 e. The summed E-state index contributed by atoms with van der Waals surface area (Å²) < 4.78 is 10.6. The van der Waals surface area contributed by atoms with Gasteiger partial charge in [-0.25, -0.2) is 9.59 Å². The number of carbonyl (C=O) groups is 2. The fraction of sp³-hybridized carbons (Fsp3) is 0.217. The molecule has 0 radical (unpaired) electrons. The van der Waals surface area contributed by atoms with E-state index in [0.29, 0.717) is 0 Å². The third kappa shape index (κ3) is 7.32. The lowest BCUT2D eigenvalue weighted by molar-refractivity contribution is 0.0617. The summed E-state index contributed by atoms with van der Waals surface area (Å²) in [6, 6.07) is 18.5. The molecular weight excluding hydrogens is 368 g/mol. The van der Waals surface area contributed by atoms with Crippen molar-refractivity contribution in [2.45, 2.75) is 13.2 Å². The van der Waals surface area contributed by atoms with Crippen LogP contribution < -0.4 is 0 Å². The highest BCUT2D eigenvalue weighted by Crippen LogP contribution is 2.07. The van der Waals surface area contributed by atoms with E-state index in [4.69, 9.17) is 22.3 Å². The van der Waals surface area contributed by atoms with E-state index in [1.54, 1.807) is 0 Å². The maximum absolute atomic E-state index is 12.4. The number of benzene rings is 2. The Labute approximate surface area is 171 Å². The number of rotatable bonds is 8. The van der Waals surface area contributed by atoms with Gasteiger partial charge >= 0.3 is 12.2 Å². The lowest BCUT2D eigenvalue weighted by Crippen LogP contribution is -2.45. The Morgan fingerprint density at radius 2 is 1.10 bits per heavy atom. The summed E-state index contributed by atoms with van der Waals surface area (Å²) in [6.45, 7) is -0.0420. The molecule has 148 valence electrons. The Hall–Kier alpha value is -3.90. The van der Waals surface area contributed by atoms with Crippen LogP contribution in [0.3, 0.4) is 0 Å². The second kappa shape index (κ2) is 11.7. The molecule has 0 aromatic heterocycles. The number of ether oxygens (including phenoxy) is 2. The lowest BCUT2D eigenvalue weighted by atomic mass is 10.2. The summed E-state index contributed by atoms with van der Waals surface area (Å²) in [6.07, 6.45) is 9.42. The van der Waals surface area contributed by atoms with E-state index in [1.807, 2.05) is 60.7 Å². The Morgan fingerprint density at radius 3 is 1.45 bits per heavy atom. The molecule has 0 N–H and O–H groups in total. The lowest BCUT2D eigenvalue weighted by Gasteiger charge is -2.27. The summed E-state index contributed by atoms with van der Waals surface area (Å²) in [5, 5.41) is 0. The van der Waals surface area contributed by atoms with Gasteiger partial charge in [-0.1, -0.05) is 72.5 Å². The van der Waals surface area contributed by atoms with Crippen LogP contribution in [0.5, 0.6) is 0 Å². The van der Waals surface area contributed by atoms with Crippen molar-refractivity contribution in [2.24, 2.45) is 0 Å². The standard InChI is InChI=1S/C23H22N2O4/c1-3-15-24(22(26)28-17-20-11-7-5-8-12-20)19-25(16-4-2)23(27)29-18-21-13-9-6-10-14-21/h1-2,5-14H,15-19H2. The van der Waals surface area contributed by atoms with Crippen LogP contribution in [0.15, 0.2) is 60.7 Å². The molecule has 6 nitrogen and oxygen atoms in total. The summed E-state index contributed by atoms with van der Waals surface area (Å²) in [5.74, 6) is 4.77. The van der Waals surface area contributed by atoms with Crippen LogP contribution in [0, 0.1) is 24.7 Å². The molecule has 0 aliphatic carbocycles. The molecule has 0 spiro atoms. The second-order valence-electron chi connectivity index (χ2n) is 6.03.